The molecule has 0 aliphatic carbocycles. The van der Waals surface area contributed by atoms with Crippen LogP contribution in [-0.2, 0) is 9.53 Å². The molecule has 0 aromatic rings. The molecule has 1 atom stereocenters. The largest absolute Gasteiger partial charge is 0.381 e. The first-order chi connectivity index (χ1) is 6.84. The summed E-state index contributed by atoms with van der Waals surface area (Å²) in [5.74, 6) is 0.224. The summed E-state index contributed by atoms with van der Waals surface area (Å²) in [5.41, 5.74) is 0. The number of ether oxygens (including phenoxy) is 1. The van der Waals surface area contributed by atoms with Gasteiger partial charge in [0.15, 0.2) is 0 Å². The third-order valence-electron chi connectivity index (χ3n) is 2.33. The van der Waals surface area contributed by atoms with Crippen LogP contribution in [0.2, 0.25) is 0 Å². The van der Waals surface area contributed by atoms with Gasteiger partial charge in [0.1, 0.15) is 0 Å². The van der Waals surface area contributed by atoms with E-state index in [9.17, 15) is 4.79 Å². The Morgan fingerprint density at radius 3 is 2.93 bits per heavy atom. The molecule has 0 saturated carbocycles. The fourth-order valence-corrected chi connectivity index (χ4v) is 1.46. The number of hydrogen-bond donors (Lipinski definition) is 2. The SMILES string of the molecule is CCCNCCNC(=O)C1CCOC1. The lowest BCUT2D eigenvalue weighted by atomic mass is 10.1. The lowest BCUT2D eigenvalue weighted by molar-refractivity contribution is -0.124. The zero-order valence-corrected chi connectivity index (χ0v) is 8.84. The van der Waals surface area contributed by atoms with E-state index in [0.29, 0.717) is 6.61 Å². The zero-order chi connectivity index (χ0) is 10.2. The molecule has 1 amide bonds. The topological polar surface area (TPSA) is 50.4 Å². The van der Waals surface area contributed by atoms with Crippen LogP contribution in [-0.4, -0.2) is 38.8 Å². The Labute approximate surface area is 85.4 Å². The monoisotopic (exact) mass is 200 g/mol. The van der Waals surface area contributed by atoms with Gasteiger partial charge >= 0.3 is 0 Å². The quantitative estimate of drug-likeness (QED) is 0.600. The molecule has 14 heavy (non-hydrogen) atoms. The summed E-state index contributed by atoms with van der Waals surface area (Å²) in [4.78, 5) is 11.5. The second-order valence-corrected chi connectivity index (χ2v) is 3.60. The molecule has 4 heteroatoms. The van der Waals surface area contributed by atoms with Gasteiger partial charge in [-0.05, 0) is 19.4 Å². The molecular weight excluding hydrogens is 180 g/mol. The van der Waals surface area contributed by atoms with Gasteiger partial charge in [-0.2, -0.15) is 0 Å². The number of carbonyl (C=O) groups excluding carboxylic acids is 1. The third-order valence-corrected chi connectivity index (χ3v) is 2.33. The van der Waals surface area contributed by atoms with Gasteiger partial charge in [0.2, 0.25) is 5.91 Å². The van der Waals surface area contributed by atoms with Crippen LogP contribution < -0.4 is 10.6 Å². The standard InChI is InChI=1S/C10H20N2O2/c1-2-4-11-5-6-12-10(13)9-3-7-14-8-9/h9,11H,2-8H2,1H3,(H,12,13). The van der Waals surface area contributed by atoms with Gasteiger partial charge in [-0.15, -0.1) is 0 Å². The summed E-state index contributed by atoms with van der Waals surface area (Å²) in [7, 11) is 0. The summed E-state index contributed by atoms with van der Waals surface area (Å²) in [5, 5.41) is 6.14. The second-order valence-electron chi connectivity index (χ2n) is 3.60. The Morgan fingerprint density at radius 1 is 1.43 bits per heavy atom. The molecule has 4 nitrogen and oxygen atoms in total. The maximum absolute atomic E-state index is 11.5. The number of hydrogen-bond acceptors (Lipinski definition) is 3. The zero-order valence-electron chi connectivity index (χ0n) is 8.84. The lowest BCUT2D eigenvalue weighted by Crippen LogP contribution is -2.36. The lowest BCUT2D eigenvalue weighted by Gasteiger charge is -2.09. The molecule has 2 N–H and O–H groups in total. The fourth-order valence-electron chi connectivity index (χ4n) is 1.46. The van der Waals surface area contributed by atoms with Crippen LogP contribution in [0.25, 0.3) is 0 Å². The maximum Gasteiger partial charge on any atom is 0.225 e. The molecule has 1 heterocycles. The van der Waals surface area contributed by atoms with E-state index in [1.807, 2.05) is 0 Å². The average Bonchev–Trinajstić information content (AvgIpc) is 2.70. The Bertz CT molecular complexity index is 168. The predicted molar refractivity (Wildman–Crippen MR) is 55.1 cm³/mol. The summed E-state index contributed by atoms with van der Waals surface area (Å²) >= 11 is 0. The van der Waals surface area contributed by atoms with Crippen molar-refractivity contribution in [3.63, 3.8) is 0 Å². The highest BCUT2D eigenvalue weighted by Crippen LogP contribution is 2.11. The fraction of sp³-hybridized carbons (Fsp3) is 0.900. The van der Waals surface area contributed by atoms with Crippen LogP contribution in [0.15, 0.2) is 0 Å². The molecule has 0 radical (unpaired) electrons. The van der Waals surface area contributed by atoms with E-state index >= 15 is 0 Å². The van der Waals surface area contributed by atoms with Crippen molar-refractivity contribution < 1.29 is 9.53 Å². The molecule has 0 spiro atoms. The average molecular weight is 200 g/mol. The van der Waals surface area contributed by atoms with Gasteiger partial charge in [-0.1, -0.05) is 6.92 Å². The van der Waals surface area contributed by atoms with E-state index in [0.717, 1.165) is 39.1 Å². The van der Waals surface area contributed by atoms with Crippen molar-refractivity contribution in [2.24, 2.45) is 5.92 Å². The van der Waals surface area contributed by atoms with E-state index in [4.69, 9.17) is 4.74 Å². The third kappa shape index (κ3) is 4.07. The Morgan fingerprint density at radius 2 is 2.29 bits per heavy atom. The first-order valence-corrected chi connectivity index (χ1v) is 5.40. The molecule has 1 fully saturated rings. The van der Waals surface area contributed by atoms with Crippen molar-refractivity contribution in [2.45, 2.75) is 19.8 Å². The molecule has 1 saturated heterocycles. The van der Waals surface area contributed by atoms with E-state index in [-0.39, 0.29) is 11.8 Å². The molecule has 1 aliphatic rings. The highest BCUT2D eigenvalue weighted by atomic mass is 16.5. The smallest absolute Gasteiger partial charge is 0.225 e. The van der Waals surface area contributed by atoms with Crippen LogP contribution in [0.1, 0.15) is 19.8 Å². The molecule has 1 unspecified atom stereocenters. The minimum Gasteiger partial charge on any atom is -0.381 e. The highest BCUT2D eigenvalue weighted by molar-refractivity contribution is 5.78. The Kier molecular flexibility index (Phi) is 5.56. The van der Waals surface area contributed by atoms with Crippen molar-refractivity contribution in [3.8, 4) is 0 Å². The van der Waals surface area contributed by atoms with E-state index < -0.39 is 0 Å². The van der Waals surface area contributed by atoms with Gasteiger partial charge in [0, 0.05) is 19.7 Å². The first-order valence-electron chi connectivity index (χ1n) is 5.40. The van der Waals surface area contributed by atoms with Gasteiger partial charge in [0.25, 0.3) is 0 Å². The molecule has 82 valence electrons. The van der Waals surface area contributed by atoms with Crippen molar-refractivity contribution in [1.82, 2.24) is 10.6 Å². The number of nitrogens with one attached hydrogen (secondary N) is 2. The normalized spacial score (nSPS) is 21.1. The van der Waals surface area contributed by atoms with Gasteiger partial charge in [-0.25, -0.2) is 0 Å². The van der Waals surface area contributed by atoms with E-state index in [2.05, 4.69) is 17.6 Å². The number of rotatable bonds is 6. The van der Waals surface area contributed by atoms with Crippen LogP contribution >= 0.6 is 0 Å². The molecule has 0 aromatic carbocycles. The number of carbonyl (C=O) groups is 1. The van der Waals surface area contributed by atoms with Crippen LogP contribution in [0.5, 0.6) is 0 Å². The summed E-state index contributed by atoms with van der Waals surface area (Å²) in [6.07, 6.45) is 2.00. The van der Waals surface area contributed by atoms with Crippen molar-refractivity contribution in [3.05, 3.63) is 0 Å². The van der Waals surface area contributed by atoms with Crippen LogP contribution in [0.3, 0.4) is 0 Å². The van der Waals surface area contributed by atoms with Crippen LogP contribution in [0.4, 0.5) is 0 Å². The van der Waals surface area contributed by atoms with Crippen molar-refractivity contribution in [2.75, 3.05) is 32.8 Å². The van der Waals surface area contributed by atoms with Crippen molar-refractivity contribution in [1.29, 1.82) is 0 Å². The minimum absolute atomic E-state index is 0.0844. The van der Waals surface area contributed by atoms with Crippen molar-refractivity contribution >= 4 is 5.91 Å². The number of amides is 1. The minimum atomic E-state index is 0.0844. The molecular formula is C10H20N2O2. The molecule has 0 aromatic heterocycles. The van der Waals surface area contributed by atoms with E-state index in [1.54, 1.807) is 0 Å². The molecule has 0 bridgehead atoms. The van der Waals surface area contributed by atoms with Gasteiger partial charge in [-0.3, -0.25) is 4.79 Å². The van der Waals surface area contributed by atoms with Crippen LogP contribution in [0, 0.1) is 5.92 Å². The Hall–Kier alpha value is -0.610. The highest BCUT2D eigenvalue weighted by Gasteiger charge is 2.22. The predicted octanol–water partition coefficient (Wildman–Crippen LogP) is 0.139. The summed E-state index contributed by atoms with van der Waals surface area (Å²) in [6, 6.07) is 0. The van der Waals surface area contributed by atoms with Gasteiger partial charge < -0.3 is 15.4 Å². The maximum atomic E-state index is 11.5. The van der Waals surface area contributed by atoms with Gasteiger partial charge in [0.05, 0.1) is 12.5 Å². The molecule has 1 rings (SSSR count). The Balaban J connectivity index is 1.97. The molecule has 1 aliphatic heterocycles. The summed E-state index contributed by atoms with van der Waals surface area (Å²) in [6.45, 7) is 6.03. The summed E-state index contributed by atoms with van der Waals surface area (Å²) < 4.78 is 5.15. The van der Waals surface area contributed by atoms with E-state index in [1.165, 1.54) is 0 Å². The first kappa shape index (κ1) is 11.5. The second kappa shape index (κ2) is 6.79.